The lowest BCUT2D eigenvalue weighted by Gasteiger charge is -2.11. The molecule has 0 atom stereocenters. The molecule has 0 radical (unpaired) electrons. The van der Waals surface area contributed by atoms with Crippen molar-refractivity contribution in [1.29, 1.82) is 0 Å². The van der Waals surface area contributed by atoms with Crippen LogP contribution in [0.4, 0.5) is 11.4 Å². The van der Waals surface area contributed by atoms with Crippen LogP contribution in [0.15, 0.2) is 12.1 Å². The first-order valence-corrected chi connectivity index (χ1v) is 6.82. The van der Waals surface area contributed by atoms with Crippen LogP contribution in [0.3, 0.4) is 0 Å². The van der Waals surface area contributed by atoms with E-state index < -0.39 is 0 Å². The van der Waals surface area contributed by atoms with Crippen molar-refractivity contribution < 1.29 is 4.74 Å². The van der Waals surface area contributed by atoms with E-state index in [1.807, 2.05) is 0 Å². The van der Waals surface area contributed by atoms with Gasteiger partial charge in [0.15, 0.2) is 0 Å². The van der Waals surface area contributed by atoms with Gasteiger partial charge in [-0.3, -0.25) is 0 Å². The maximum atomic E-state index is 6.06. The van der Waals surface area contributed by atoms with E-state index in [4.69, 9.17) is 33.7 Å². The fourth-order valence-corrected chi connectivity index (χ4v) is 2.11. The second kappa shape index (κ2) is 7.72. The van der Waals surface area contributed by atoms with E-state index in [0.29, 0.717) is 21.7 Å². The summed E-state index contributed by atoms with van der Waals surface area (Å²) in [5.41, 5.74) is 6.93. The molecule has 0 fully saturated rings. The highest BCUT2D eigenvalue weighted by molar-refractivity contribution is 6.39. The Kier molecular flexibility index (Phi) is 6.61. The lowest BCUT2D eigenvalue weighted by molar-refractivity contribution is 0.110. The quantitative estimate of drug-likeness (QED) is 0.588. The maximum absolute atomic E-state index is 6.06. The van der Waals surface area contributed by atoms with Crippen molar-refractivity contribution in [3.05, 3.63) is 22.2 Å². The molecule has 5 heteroatoms. The summed E-state index contributed by atoms with van der Waals surface area (Å²) in [5, 5.41) is 4.29. The van der Waals surface area contributed by atoms with Crippen molar-refractivity contribution in [2.45, 2.75) is 20.3 Å². The molecule has 0 spiro atoms. The van der Waals surface area contributed by atoms with E-state index >= 15 is 0 Å². The minimum absolute atomic E-state index is 0.545. The second-order valence-electron chi connectivity index (χ2n) is 4.61. The fraction of sp³-hybridized carbons (Fsp3) is 0.538. The molecule has 3 N–H and O–H groups in total. The van der Waals surface area contributed by atoms with Crippen molar-refractivity contribution in [3.8, 4) is 0 Å². The third-order valence-corrected chi connectivity index (χ3v) is 2.88. The van der Waals surface area contributed by atoms with E-state index in [1.54, 1.807) is 12.1 Å². The van der Waals surface area contributed by atoms with Crippen LogP contribution < -0.4 is 11.1 Å². The molecule has 102 valence electrons. The van der Waals surface area contributed by atoms with Gasteiger partial charge in [0, 0.05) is 25.4 Å². The summed E-state index contributed by atoms with van der Waals surface area (Å²) >= 11 is 12.1. The minimum atomic E-state index is 0.545. The predicted octanol–water partition coefficient (Wildman–Crippen LogP) is 4.05. The Balaban J connectivity index is 2.31. The monoisotopic (exact) mass is 290 g/mol. The van der Waals surface area contributed by atoms with Crippen LogP contribution in [0.25, 0.3) is 0 Å². The number of halogens is 2. The molecule has 0 amide bonds. The van der Waals surface area contributed by atoms with E-state index in [-0.39, 0.29) is 0 Å². The molecule has 1 aromatic carbocycles. The number of hydrogen-bond donors (Lipinski definition) is 2. The number of nitrogens with two attached hydrogens (primary N) is 1. The first-order chi connectivity index (χ1) is 8.50. The summed E-state index contributed by atoms with van der Waals surface area (Å²) in [7, 11) is 0. The van der Waals surface area contributed by atoms with Gasteiger partial charge in [-0.1, -0.05) is 37.0 Å². The first-order valence-electron chi connectivity index (χ1n) is 6.07. The summed E-state index contributed by atoms with van der Waals surface area (Å²) in [6, 6.07) is 3.37. The van der Waals surface area contributed by atoms with Crippen LogP contribution >= 0.6 is 23.2 Å². The summed E-state index contributed by atoms with van der Waals surface area (Å²) in [6.45, 7) is 6.55. The topological polar surface area (TPSA) is 47.3 Å². The van der Waals surface area contributed by atoms with E-state index in [9.17, 15) is 0 Å². The van der Waals surface area contributed by atoms with Gasteiger partial charge in [-0.25, -0.2) is 0 Å². The number of ether oxygens (including phenoxy) is 1. The fourth-order valence-electron chi connectivity index (χ4n) is 1.47. The Morgan fingerprint density at radius 1 is 1.28 bits per heavy atom. The third kappa shape index (κ3) is 5.34. The number of nitrogen functional groups attached to an aromatic ring is 1. The second-order valence-corrected chi connectivity index (χ2v) is 5.42. The van der Waals surface area contributed by atoms with E-state index in [2.05, 4.69) is 19.2 Å². The van der Waals surface area contributed by atoms with Gasteiger partial charge in [-0.05, 0) is 24.5 Å². The third-order valence-electron chi connectivity index (χ3n) is 2.28. The van der Waals surface area contributed by atoms with Gasteiger partial charge in [0.2, 0.25) is 0 Å². The molecule has 0 aliphatic heterocycles. The molecule has 0 bridgehead atoms. The zero-order valence-corrected chi connectivity index (χ0v) is 12.3. The Bertz CT molecular complexity index is 360. The van der Waals surface area contributed by atoms with Gasteiger partial charge in [0.25, 0.3) is 0 Å². The highest BCUT2D eigenvalue weighted by atomic mass is 35.5. The largest absolute Gasteiger partial charge is 0.399 e. The number of benzene rings is 1. The van der Waals surface area contributed by atoms with Crippen molar-refractivity contribution >= 4 is 34.6 Å². The Hall–Kier alpha value is -0.640. The van der Waals surface area contributed by atoms with Gasteiger partial charge >= 0.3 is 0 Å². The average Bonchev–Trinajstić information content (AvgIpc) is 2.25. The molecule has 0 saturated heterocycles. The van der Waals surface area contributed by atoms with Crippen LogP contribution in [0, 0.1) is 5.92 Å². The smallest absolute Gasteiger partial charge is 0.0720 e. The van der Waals surface area contributed by atoms with Gasteiger partial charge in [0.1, 0.15) is 0 Å². The normalized spacial score (nSPS) is 10.9. The van der Waals surface area contributed by atoms with E-state index in [0.717, 1.165) is 31.9 Å². The van der Waals surface area contributed by atoms with Crippen molar-refractivity contribution in [2.24, 2.45) is 5.92 Å². The number of anilines is 2. The molecule has 0 heterocycles. The zero-order chi connectivity index (χ0) is 13.5. The van der Waals surface area contributed by atoms with Crippen LogP contribution in [-0.4, -0.2) is 19.8 Å². The van der Waals surface area contributed by atoms with Crippen LogP contribution in [0.1, 0.15) is 20.3 Å². The Morgan fingerprint density at radius 3 is 2.44 bits per heavy atom. The molecule has 0 unspecified atom stereocenters. The Labute approximate surface area is 119 Å². The van der Waals surface area contributed by atoms with Gasteiger partial charge in [0.05, 0.1) is 15.7 Å². The SMILES string of the molecule is CC(C)COCCCNc1c(Cl)cc(N)cc1Cl. The molecule has 0 saturated carbocycles. The average molecular weight is 291 g/mol. The highest BCUT2D eigenvalue weighted by Crippen LogP contribution is 2.32. The summed E-state index contributed by atoms with van der Waals surface area (Å²) in [4.78, 5) is 0. The number of hydrogen-bond acceptors (Lipinski definition) is 3. The lowest BCUT2D eigenvalue weighted by Crippen LogP contribution is -2.09. The summed E-state index contributed by atoms with van der Waals surface area (Å²) in [5.74, 6) is 0.568. The molecule has 1 rings (SSSR count). The Morgan fingerprint density at radius 2 is 1.89 bits per heavy atom. The lowest BCUT2D eigenvalue weighted by atomic mass is 10.2. The van der Waals surface area contributed by atoms with Crippen molar-refractivity contribution in [3.63, 3.8) is 0 Å². The molecule has 1 aromatic rings. The van der Waals surface area contributed by atoms with Crippen molar-refractivity contribution in [1.82, 2.24) is 0 Å². The molecule has 0 aliphatic rings. The van der Waals surface area contributed by atoms with Gasteiger partial charge in [-0.2, -0.15) is 0 Å². The standard InChI is InChI=1S/C13H20Cl2N2O/c1-9(2)8-18-5-3-4-17-13-11(14)6-10(16)7-12(13)15/h6-7,9,17H,3-5,8,16H2,1-2H3. The predicted molar refractivity (Wildman–Crippen MR) is 79.6 cm³/mol. The number of rotatable bonds is 7. The van der Waals surface area contributed by atoms with Crippen molar-refractivity contribution in [2.75, 3.05) is 30.8 Å². The van der Waals surface area contributed by atoms with Crippen LogP contribution in [0.2, 0.25) is 10.0 Å². The summed E-state index contributed by atoms with van der Waals surface area (Å²) in [6.07, 6.45) is 0.907. The maximum Gasteiger partial charge on any atom is 0.0720 e. The molecule has 0 aliphatic carbocycles. The molecule has 18 heavy (non-hydrogen) atoms. The van der Waals surface area contributed by atoms with Crippen LogP contribution in [0.5, 0.6) is 0 Å². The molecule has 0 aromatic heterocycles. The molecular weight excluding hydrogens is 271 g/mol. The van der Waals surface area contributed by atoms with E-state index in [1.165, 1.54) is 0 Å². The minimum Gasteiger partial charge on any atom is -0.399 e. The summed E-state index contributed by atoms with van der Waals surface area (Å²) < 4.78 is 5.49. The zero-order valence-electron chi connectivity index (χ0n) is 10.8. The highest BCUT2D eigenvalue weighted by Gasteiger charge is 2.06. The first kappa shape index (κ1) is 15.4. The molecular formula is C13H20Cl2N2O. The van der Waals surface area contributed by atoms with Gasteiger partial charge in [-0.15, -0.1) is 0 Å². The van der Waals surface area contributed by atoms with Gasteiger partial charge < -0.3 is 15.8 Å². The van der Waals surface area contributed by atoms with Crippen LogP contribution in [-0.2, 0) is 4.74 Å². The number of nitrogens with one attached hydrogen (secondary N) is 1. The molecule has 3 nitrogen and oxygen atoms in total.